The number of aromatic nitrogens is 4. The second-order valence-electron chi connectivity index (χ2n) is 4.38. The Morgan fingerprint density at radius 2 is 2.28 bits per heavy atom. The minimum atomic E-state index is -0.366. The maximum atomic E-state index is 12.0. The van der Waals surface area contributed by atoms with Crippen molar-refractivity contribution in [3.05, 3.63) is 23.7 Å². The summed E-state index contributed by atoms with van der Waals surface area (Å²) >= 11 is 0. The molecule has 18 heavy (non-hydrogen) atoms. The van der Waals surface area contributed by atoms with E-state index in [2.05, 4.69) is 20.6 Å². The zero-order valence-corrected chi connectivity index (χ0v) is 10.6. The molecule has 0 bridgehead atoms. The Balaban J connectivity index is 2.19. The van der Waals surface area contributed by atoms with Crippen molar-refractivity contribution < 1.29 is 4.79 Å². The van der Waals surface area contributed by atoms with Crippen LogP contribution in [0.1, 0.15) is 35.9 Å². The Labute approximate surface area is 104 Å². The zero-order valence-electron chi connectivity index (χ0n) is 10.6. The topological polar surface area (TPSA) is 102 Å². The summed E-state index contributed by atoms with van der Waals surface area (Å²) in [5, 5.41) is 13.4. The van der Waals surface area contributed by atoms with Gasteiger partial charge in [0, 0.05) is 19.3 Å². The lowest BCUT2D eigenvalue weighted by Gasteiger charge is -2.03. The Morgan fingerprint density at radius 3 is 2.78 bits per heavy atom. The predicted octanol–water partition coefficient (Wildman–Crippen LogP) is 1.10. The number of nitrogens with one attached hydrogen (secondary N) is 2. The third-order valence-electron chi connectivity index (χ3n) is 2.58. The number of rotatable bonds is 3. The summed E-state index contributed by atoms with van der Waals surface area (Å²) in [5.74, 6) is 0.291. The van der Waals surface area contributed by atoms with Crippen LogP contribution in [0.4, 0.5) is 11.5 Å². The lowest BCUT2D eigenvalue weighted by molar-refractivity contribution is 0.102. The molecule has 7 nitrogen and oxygen atoms in total. The van der Waals surface area contributed by atoms with Crippen LogP contribution in [-0.2, 0) is 7.05 Å². The van der Waals surface area contributed by atoms with Crippen LogP contribution in [0.15, 0.2) is 12.3 Å². The molecule has 0 saturated carbocycles. The van der Waals surface area contributed by atoms with E-state index in [0.717, 1.165) is 5.69 Å². The van der Waals surface area contributed by atoms with Crippen molar-refractivity contribution in [2.45, 2.75) is 19.8 Å². The van der Waals surface area contributed by atoms with E-state index in [1.54, 1.807) is 24.0 Å². The third-order valence-corrected chi connectivity index (χ3v) is 2.58. The number of anilines is 2. The fourth-order valence-corrected chi connectivity index (χ4v) is 1.63. The highest BCUT2D eigenvalue weighted by molar-refractivity contribution is 6.06. The van der Waals surface area contributed by atoms with Crippen LogP contribution in [0.2, 0.25) is 0 Å². The van der Waals surface area contributed by atoms with Crippen molar-refractivity contribution in [1.82, 2.24) is 20.0 Å². The largest absolute Gasteiger partial charge is 0.395 e. The molecule has 2 aromatic heterocycles. The number of aryl methyl sites for hydroxylation is 1. The molecule has 0 atom stereocenters. The minimum Gasteiger partial charge on any atom is -0.395 e. The Hall–Kier alpha value is -2.31. The summed E-state index contributed by atoms with van der Waals surface area (Å²) in [7, 11) is 1.77. The predicted molar refractivity (Wildman–Crippen MR) is 68.3 cm³/mol. The zero-order chi connectivity index (χ0) is 13.3. The highest BCUT2D eigenvalue weighted by Gasteiger charge is 2.19. The fourth-order valence-electron chi connectivity index (χ4n) is 1.63. The first-order valence-corrected chi connectivity index (χ1v) is 5.63. The van der Waals surface area contributed by atoms with Crippen LogP contribution in [0, 0.1) is 0 Å². The summed E-state index contributed by atoms with van der Waals surface area (Å²) < 4.78 is 1.60. The van der Waals surface area contributed by atoms with Gasteiger partial charge >= 0.3 is 0 Å². The van der Waals surface area contributed by atoms with Gasteiger partial charge in [0.05, 0.1) is 11.4 Å². The Morgan fingerprint density at radius 1 is 1.56 bits per heavy atom. The fraction of sp³-hybridized carbons (Fsp3) is 0.364. The van der Waals surface area contributed by atoms with Crippen molar-refractivity contribution in [2.24, 2.45) is 7.05 Å². The molecule has 1 amide bonds. The number of carbonyl (C=O) groups is 1. The van der Waals surface area contributed by atoms with E-state index in [9.17, 15) is 4.79 Å². The van der Waals surface area contributed by atoms with Crippen LogP contribution in [0.25, 0.3) is 0 Å². The summed E-state index contributed by atoms with van der Waals surface area (Å²) in [5.41, 5.74) is 7.23. The number of aromatic amines is 1. The molecule has 2 rings (SSSR count). The molecule has 0 aliphatic heterocycles. The summed E-state index contributed by atoms with van der Waals surface area (Å²) in [6.45, 7) is 3.95. The Bertz CT molecular complexity index is 568. The molecule has 0 unspecified atom stereocenters. The summed E-state index contributed by atoms with van der Waals surface area (Å²) in [6.07, 6.45) is 1.74. The molecule has 2 aromatic rings. The summed E-state index contributed by atoms with van der Waals surface area (Å²) in [4.78, 5) is 12.0. The van der Waals surface area contributed by atoms with E-state index in [-0.39, 0.29) is 17.5 Å². The van der Waals surface area contributed by atoms with E-state index < -0.39 is 0 Å². The first-order chi connectivity index (χ1) is 8.49. The van der Waals surface area contributed by atoms with Gasteiger partial charge in [-0.3, -0.25) is 14.6 Å². The van der Waals surface area contributed by atoms with Crippen molar-refractivity contribution in [3.63, 3.8) is 0 Å². The molecular formula is C11H16N6O. The quantitative estimate of drug-likeness (QED) is 0.757. The molecule has 0 aliphatic rings. The first kappa shape index (κ1) is 12.2. The molecule has 0 aromatic carbocycles. The molecule has 2 heterocycles. The highest BCUT2D eigenvalue weighted by Crippen LogP contribution is 2.22. The summed E-state index contributed by atoms with van der Waals surface area (Å²) in [6, 6.07) is 1.70. The van der Waals surface area contributed by atoms with Crippen LogP contribution in [-0.4, -0.2) is 25.9 Å². The third kappa shape index (κ3) is 2.20. The van der Waals surface area contributed by atoms with Crippen LogP contribution >= 0.6 is 0 Å². The van der Waals surface area contributed by atoms with Gasteiger partial charge in [-0.25, -0.2) is 0 Å². The smallest absolute Gasteiger partial charge is 0.279 e. The molecule has 4 N–H and O–H groups in total. The van der Waals surface area contributed by atoms with Crippen molar-refractivity contribution in [2.75, 3.05) is 11.1 Å². The van der Waals surface area contributed by atoms with Gasteiger partial charge in [0.2, 0.25) is 0 Å². The van der Waals surface area contributed by atoms with Crippen molar-refractivity contribution in [3.8, 4) is 0 Å². The molecule has 0 spiro atoms. The number of nitrogens with two attached hydrogens (primary N) is 1. The average Bonchev–Trinajstić information content (AvgIpc) is 2.85. The van der Waals surface area contributed by atoms with E-state index in [0.29, 0.717) is 11.5 Å². The van der Waals surface area contributed by atoms with E-state index >= 15 is 0 Å². The van der Waals surface area contributed by atoms with Crippen LogP contribution < -0.4 is 11.1 Å². The van der Waals surface area contributed by atoms with Crippen LogP contribution in [0.3, 0.4) is 0 Å². The van der Waals surface area contributed by atoms with Gasteiger partial charge in [0.25, 0.3) is 5.91 Å². The Kier molecular flexibility index (Phi) is 3.05. The number of amides is 1. The standard InChI is InChI=1S/C11H16N6O/c1-6(2)9-8(12)10(15-14-9)11(18)13-7-4-5-17(3)16-7/h4-6H,12H2,1-3H3,(H,14,15)(H,13,16,18). The second kappa shape index (κ2) is 4.52. The second-order valence-corrected chi connectivity index (χ2v) is 4.38. The number of hydrogen-bond acceptors (Lipinski definition) is 4. The normalized spacial score (nSPS) is 10.9. The molecule has 0 fully saturated rings. The van der Waals surface area contributed by atoms with Gasteiger partial charge in [0.1, 0.15) is 0 Å². The number of nitrogens with zero attached hydrogens (tertiary/aromatic N) is 3. The lowest BCUT2D eigenvalue weighted by Crippen LogP contribution is -2.15. The van der Waals surface area contributed by atoms with Crippen molar-refractivity contribution >= 4 is 17.4 Å². The molecule has 7 heteroatoms. The SMILES string of the molecule is CC(C)c1[nH]nc(C(=O)Nc2ccn(C)n2)c1N. The van der Waals surface area contributed by atoms with Gasteiger partial charge in [0.15, 0.2) is 11.5 Å². The van der Waals surface area contributed by atoms with E-state index in [4.69, 9.17) is 5.73 Å². The first-order valence-electron chi connectivity index (χ1n) is 5.63. The van der Waals surface area contributed by atoms with Gasteiger partial charge < -0.3 is 11.1 Å². The molecule has 0 aliphatic carbocycles. The van der Waals surface area contributed by atoms with Gasteiger partial charge in [-0.1, -0.05) is 13.8 Å². The van der Waals surface area contributed by atoms with Gasteiger partial charge in [-0.15, -0.1) is 0 Å². The minimum absolute atomic E-state index is 0.189. The van der Waals surface area contributed by atoms with Gasteiger partial charge in [-0.05, 0) is 5.92 Å². The maximum Gasteiger partial charge on any atom is 0.279 e. The molecule has 0 radical (unpaired) electrons. The van der Waals surface area contributed by atoms with Crippen LogP contribution in [0.5, 0.6) is 0 Å². The molecular weight excluding hydrogens is 232 g/mol. The lowest BCUT2D eigenvalue weighted by atomic mass is 10.1. The number of hydrogen-bond donors (Lipinski definition) is 3. The number of nitrogen functional groups attached to an aromatic ring is 1. The van der Waals surface area contributed by atoms with E-state index in [1.807, 2.05) is 13.8 Å². The number of H-pyrrole nitrogens is 1. The monoisotopic (exact) mass is 248 g/mol. The molecule has 96 valence electrons. The average molecular weight is 248 g/mol. The van der Waals surface area contributed by atoms with E-state index in [1.165, 1.54) is 0 Å². The van der Waals surface area contributed by atoms with Gasteiger partial charge in [-0.2, -0.15) is 10.2 Å². The number of carbonyl (C=O) groups excluding carboxylic acids is 1. The molecule has 0 saturated heterocycles. The highest BCUT2D eigenvalue weighted by atomic mass is 16.2. The maximum absolute atomic E-state index is 12.0. The van der Waals surface area contributed by atoms with Crippen molar-refractivity contribution in [1.29, 1.82) is 0 Å².